The van der Waals surface area contributed by atoms with Crippen LogP contribution in [0.15, 0.2) is 12.1 Å². The molecule has 0 spiro atoms. The molecule has 0 fully saturated rings. The average molecular weight is 261 g/mol. The number of nitrogens with two attached hydrogens (primary N) is 1. The number of rotatable bonds is 1. The van der Waals surface area contributed by atoms with Crippen LogP contribution in [0.5, 0.6) is 0 Å². The van der Waals surface area contributed by atoms with E-state index in [1.165, 1.54) is 0 Å². The van der Waals surface area contributed by atoms with Crippen molar-refractivity contribution in [3.63, 3.8) is 0 Å². The number of benzene rings is 1. The Hall–Kier alpha value is -2.23. The van der Waals surface area contributed by atoms with Crippen LogP contribution in [-0.4, -0.2) is 11.1 Å². The van der Waals surface area contributed by atoms with Gasteiger partial charge in [0.2, 0.25) is 0 Å². The molecule has 0 aliphatic heterocycles. The summed E-state index contributed by atoms with van der Waals surface area (Å²) in [7, 11) is 0. The molecule has 0 unspecified atom stereocenters. The minimum atomic E-state index is -4.74. The molecular formula is C11H7F4NO2. The SMILES string of the molecule is Nc1cc(C(F)(F)F)c(C#CCC(=O)O)cc1F. The lowest BCUT2D eigenvalue weighted by molar-refractivity contribution is -0.138. The van der Waals surface area contributed by atoms with Gasteiger partial charge in [0.25, 0.3) is 0 Å². The topological polar surface area (TPSA) is 63.3 Å². The molecule has 3 N–H and O–H groups in total. The molecule has 0 saturated heterocycles. The van der Waals surface area contributed by atoms with Crippen LogP contribution < -0.4 is 5.73 Å². The van der Waals surface area contributed by atoms with Gasteiger partial charge in [0.1, 0.15) is 12.2 Å². The number of carboxylic acid groups (broad SMARTS) is 1. The third kappa shape index (κ3) is 3.38. The van der Waals surface area contributed by atoms with E-state index in [1.807, 2.05) is 11.8 Å². The second kappa shape index (κ2) is 4.96. The molecule has 1 aromatic rings. The smallest absolute Gasteiger partial charge is 0.417 e. The van der Waals surface area contributed by atoms with Crippen LogP contribution in [0.1, 0.15) is 17.5 Å². The van der Waals surface area contributed by atoms with Gasteiger partial charge in [-0.3, -0.25) is 4.79 Å². The number of nitrogen functional groups attached to an aromatic ring is 1. The van der Waals surface area contributed by atoms with Crippen molar-refractivity contribution >= 4 is 11.7 Å². The molecule has 0 bridgehead atoms. The van der Waals surface area contributed by atoms with Crippen molar-refractivity contribution < 1.29 is 27.5 Å². The molecule has 0 aromatic heterocycles. The van der Waals surface area contributed by atoms with E-state index in [1.54, 1.807) is 0 Å². The summed E-state index contributed by atoms with van der Waals surface area (Å²) in [6.45, 7) is 0. The number of carboxylic acids is 1. The maximum atomic E-state index is 13.1. The fraction of sp³-hybridized carbons (Fsp3) is 0.182. The molecule has 3 nitrogen and oxygen atoms in total. The molecule has 0 aliphatic carbocycles. The number of carbonyl (C=O) groups is 1. The summed E-state index contributed by atoms with van der Waals surface area (Å²) in [4.78, 5) is 10.2. The van der Waals surface area contributed by atoms with E-state index < -0.39 is 41.2 Å². The fourth-order valence-corrected chi connectivity index (χ4v) is 1.14. The summed E-state index contributed by atoms with van der Waals surface area (Å²) in [6, 6.07) is 0.965. The van der Waals surface area contributed by atoms with Crippen LogP contribution in [0.2, 0.25) is 0 Å². The van der Waals surface area contributed by atoms with Crippen LogP contribution in [0.25, 0.3) is 0 Å². The Labute approximate surface area is 99.2 Å². The van der Waals surface area contributed by atoms with Gasteiger partial charge in [-0.05, 0) is 12.1 Å². The van der Waals surface area contributed by atoms with Crippen LogP contribution >= 0.6 is 0 Å². The van der Waals surface area contributed by atoms with Crippen molar-refractivity contribution in [3.8, 4) is 11.8 Å². The lowest BCUT2D eigenvalue weighted by Gasteiger charge is -2.10. The second-order valence-electron chi connectivity index (χ2n) is 3.29. The van der Waals surface area contributed by atoms with Gasteiger partial charge in [-0.15, -0.1) is 0 Å². The largest absolute Gasteiger partial charge is 0.481 e. The quantitative estimate of drug-likeness (QED) is 0.463. The van der Waals surface area contributed by atoms with Gasteiger partial charge in [0.05, 0.1) is 11.3 Å². The zero-order valence-electron chi connectivity index (χ0n) is 8.81. The van der Waals surface area contributed by atoms with Crippen LogP contribution in [0, 0.1) is 17.7 Å². The summed E-state index contributed by atoms with van der Waals surface area (Å²) in [6.07, 6.45) is -5.38. The van der Waals surface area contributed by atoms with Crippen molar-refractivity contribution in [3.05, 3.63) is 29.1 Å². The average Bonchev–Trinajstić information content (AvgIpc) is 2.20. The van der Waals surface area contributed by atoms with E-state index in [0.29, 0.717) is 12.1 Å². The molecule has 0 amide bonds. The molecule has 96 valence electrons. The standard InChI is InChI=1S/C11H7F4NO2/c12-8-4-6(2-1-3-10(17)18)7(5-9(8)16)11(13,14)15/h4-5H,3,16H2,(H,17,18). The predicted molar refractivity (Wildman–Crippen MR) is 54.9 cm³/mol. The van der Waals surface area contributed by atoms with Gasteiger partial charge in [-0.1, -0.05) is 11.8 Å². The number of anilines is 1. The number of halogens is 4. The van der Waals surface area contributed by atoms with Gasteiger partial charge in [0, 0.05) is 5.56 Å². The van der Waals surface area contributed by atoms with Crippen LogP contribution in [0.4, 0.5) is 23.2 Å². The van der Waals surface area contributed by atoms with Gasteiger partial charge < -0.3 is 10.8 Å². The highest BCUT2D eigenvalue weighted by Gasteiger charge is 2.34. The molecule has 7 heteroatoms. The first-order chi connectivity index (χ1) is 8.21. The second-order valence-corrected chi connectivity index (χ2v) is 3.29. The molecular weight excluding hydrogens is 254 g/mol. The Kier molecular flexibility index (Phi) is 3.81. The van der Waals surface area contributed by atoms with Crippen LogP contribution in [-0.2, 0) is 11.0 Å². The van der Waals surface area contributed by atoms with E-state index in [4.69, 9.17) is 10.8 Å². The third-order valence-electron chi connectivity index (χ3n) is 1.90. The lowest BCUT2D eigenvalue weighted by Crippen LogP contribution is -2.09. The van der Waals surface area contributed by atoms with Crippen molar-refractivity contribution in [1.29, 1.82) is 0 Å². The van der Waals surface area contributed by atoms with E-state index in [2.05, 4.69) is 0 Å². The Morgan fingerprint density at radius 2 is 2.00 bits per heavy atom. The highest BCUT2D eigenvalue weighted by molar-refractivity contribution is 5.70. The Bertz CT molecular complexity index is 540. The first kappa shape index (κ1) is 13.8. The van der Waals surface area contributed by atoms with E-state index in [-0.39, 0.29) is 0 Å². The first-order valence-electron chi connectivity index (χ1n) is 4.58. The number of aliphatic carboxylic acids is 1. The first-order valence-corrected chi connectivity index (χ1v) is 4.58. The summed E-state index contributed by atoms with van der Waals surface area (Å²) in [5.41, 5.74) is 2.56. The number of hydrogen-bond donors (Lipinski definition) is 2. The molecule has 0 aliphatic rings. The molecule has 1 aromatic carbocycles. The normalized spacial score (nSPS) is 10.7. The zero-order chi connectivity index (χ0) is 13.9. The Balaban J connectivity index is 3.27. The van der Waals surface area contributed by atoms with E-state index in [0.717, 1.165) is 0 Å². The minimum Gasteiger partial charge on any atom is -0.481 e. The molecule has 1 rings (SSSR count). The summed E-state index contributed by atoms with van der Waals surface area (Å²) >= 11 is 0. The summed E-state index contributed by atoms with van der Waals surface area (Å²) in [5, 5.41) is 8.30. The highest BCUT2D eigenvalue weighted by atomic mass is 19.4. The number of alkyl halides is 3. The monoisotopic (exact) mass is 261 g/mol. The lowest BCUT2D eigenvalue weighted by atomic mass is 10.1. The molecule has 0 heterocycles. The summed E-state index contributed by atoms with van der Waals surface area (Å²) in [5.74, 6) is 1.65. The Morgan fingerprint density at radius 1 is 1.39 bits per heavy atom. The van der Waals surface area contributed by atoms with Gasteiger partial charge >= 0.3 is 12.1 Å². The zero-order valence-corrected chi connectivity index (χ0v) is 8.81. The minimum absolute atomic E-state index is 0.431. The van der Waals surface area contributed by atoms with Gasteiger partial charge in [-0.25, -0.2) is 4.39 Å². The van der Waals surface area contributed by atoms with Gasteiger partial charge in [0.15, 0.2) is 0 Å². The number of hydrogen-bond acceptors (Lipinski definition) is 2. The molecule has 0 radical (unpaired) electrons. The van der Waals surface area contributed by atoms with Gasteiger partial charge in [-0.2, -0.15) is 13.2 Å². The predicted octanol–water partition coefficient (Wildman–Crippen LogP) is 2.25. The highest BCUT2D eigenvalue weighted by Crippen LogP contribution is 2.33. The summed E-state index contributed by atoms with van der Waals surface area (Å²) < 4.78 is 50.8. The van der Waals surface area contributed by atoms with Crippen molar-refractivity contribution in [2.75, 3.05) is 5.73 Å². The molecule has 0 saturated carbocycles. The van der Waals surface area contributed by atoms with Crippen molar-refractivity contribution in [2.45, 2.75) is 12.6 Å². The molecule has 0 atom stereocenters. The maximum absolute atomic E-state index is 13.1. The van der Waals surface area contributed by atoms with Crippen molar-refractivity contribution in [2.24, 2.45) is 0 Å². The fourth-order valence-electron chi connectivity index (χ4n) is 1.14. The maximum Gasteiger partial charge on any atom is 0.417 e. The Morgan fingerprint density at radius 3 is 2.50 bits per heavy atom. The third-order valence-corrected chi connectivity index (χ3v) is 1.90. The van der Waals surface area contributed by atoms with E-state index >= 15 is 0 Å². The van der Waals surface area contributed by atoms with Crippen molar-refractivity contribution in [1.82, 2.24) is 0 Å². The van der Waals surface area contributed by atoms with E-state index in [9.17, 15) is 22.4 Å². The molecule has 18 heavy (non-hydrogen) atoms. The van der Waals surface area contributed by atoms with Crippen LogP contribution in [0.3, 0.4) is 0 Å².